The Labute approximate surface area is 131 Å². The fraction of sp³-hybridized carbons (Fsp3) is 0.400. The molecule has 2 atom stereocenters. The maximum Gasteiger partial charge on any atom is 0.364 e. The highest BCUT2D eigenvalue weighted by Gasteiger charge is 2.50. The minimum Gasteiger partial charge on any atom is -0.496 e. The van der Waals surface area contributed by atoms with Crippen molar-refractivity contribution in [1.29, 1.82) is 0 Å². The molecule has 0 N–H and O–H groups in total. The van der Waals surface area contributed by atoms with Crippen LogP contribution in [-0.2, 0) is 9.53 Å². The number of methoxy groups -OCH3 is 1. The highest BCUT2D eigenvalue weighted by Crippen LogP contribution is 2.47. The second-order valence-corrected chi connectivity index (χ2v) is 5.71. The molecule has 0 bridgehead atoms. The molecule has 1 heterocycles. The maximum absolute atomic E-state index is 12.3. The Morgan fingerprint density at radius 3 is 2.86 bits per heavy atom. The van der Waals surface area contributed by atoms with Crippen molar-refractivity contribution in [3.05, 3.63) is 50.2 Å². The first-order valence-electron chi connectivity index (χ1n) is 6.92. The molecule has 0 aromatic heterocycles. The van der Waals surface area contributed by atoms with Gasteiger partial charge in [-0.2, -0.15) is 0 Å². The van der Waals surface area contributed by atoms with Gasteiger partial charge in [0.25, 0.3) is 0 Å². The minimum absolute atomic E-state index is 0.0994. The normalized spacial score (nSPS) is 24.0. The van der Waals surface area contributed by atoms with Gasteiger partial charge in [0.2, 0.25) is 0 Å². The van der Waals surface area contributed by atoms with Crippen molar-refractivity contribution in [2.75, 3.05) is 7.11 Å². The summed E-state index contributed by atoms with van der Waals surface area (Å²) in [5, 5.41) is 11.8. The lowest BCUT2D eigenvalue weighted by Crippen LogP contribution is -2.27. The Balaban J connectivity index is 2.16. The van der Waals surface area contributed by atoms with Gasteiger partial charge in [0.1, 0.15) is 17.4 Å². The van der Waals surface area contributed by atoms with Gasteiger partial charge in [-0.3, -0.25) is 14.9 Å². The number of benzene rings is 1. The third-order valence-electron chi connectivity index (χ3n) is 4.00. The van der Waals surface area contributed by atoms with Gasteiger partial charge < -0.3 is 9.47 Å². The van der Waals surface area contributed by atoms with Crippen molar-refractivity contribution in [2.24, 2.45) is 0 Å². The fourth-order valence-corrected chi connectivity index (χ4v) is 3.26. The van der Waals surface area contributed by atoms with Crippen LogP contribution < -0.4 is 4.74 Å². The molecule has 0 saturated carbocycles. The van der Waals surface area contributed by atoms with E-state index in [1.54, 1.807) is 18.2 Å². The topological polar surface area (TPSA) is 78.7 Å². The van der Waals surface area contributed by atoms with Gasteiger partial charge in [-0.05, 0) is 24.6 Å². The first kappa shape index (κ1) is 14.8. The fourth-order valence-electron chi connectivity index (χ4n) is 3.08. The number of carbonyl (C=O) groups excluding carboxylic acids is 1. The van der Waals surface area contributed by atoms with E-state index in [4.69, 9.17) is 21.1 Å². The summed E-state index contributed by atoms with van der Waals surface area (Å²) in [6.45, 7) is 0. The van der Waals surface area contributed by atoms with Crippen molar-refractivity contribution < 1.29 is 19.2 Å². The number of ether oxygens (including phenoxy) is 2. The zero-order valence-corrected chi connectivity index (χ0v) is 12.6. The lowest BCUT2D eigenvalue weighted by atomic mass is 9.83. The largest absolute Gasteiger partial charge is 0.496 e. The van der Waals surface area contributed by atoms with Crippen molar-refractivity contribution >= 4 is 17.4 Å². The number of nitro groups is 1. The van der Waals surface area contributed by atoms with E-state index in [-0.39, 0.29) is 5.78 Å². The van der Waals surface area contributed by atoms with Crippen LogP contribution in [0.2, 0.25) is 5.02 Å². The third-order valence-corrected chi connectivity index (χ3v) is 4.24. The Kier molecular flexibility index (Phi) is 3.78. The highest BCUT2D eigenvalue weighted by atomic mass is 35.5. The van der Waals surface area contributed by atoms with Gasteiger partial charge in [-0.25, -0.2) is 0 Å². The van der Waals surface area contributed by atoms with E-state index >= 15 is 0 Å². The van der Waals surface area contributed by atoms with E-state index < -0.39 is 17.1 Å². The molecule has 1 aromatic carbocycles. The van der Waals surface area contributed by atoms with E-state index in [9.17, 15) is 14.9 Å². The van der Waals surface area contributed by atoms with E-state index in [2.05, 4.69) is 0 Å². The molecule has 0 spiro atoms. The number of rotatable bonds is 3. The number of ketones is 1. The molecule has 0 radical (unpaired) electrons. The molecule has 7 heteroatoms. The van der Waals surface area contributed by atoms with E-state index in [0.717, 1.165) is 0 Å². The Bertz CT molecular complexity index is 685. The molecule has 0 saturated heterocycles. The predicted octanol–water partition coefficient (Wildman–Crippen LogP) is 3.07. The molecule has 0 amide bonds. The van der Waals surface area contributed by atoms with Crippen LogP contribution in [-0.4, -0.2) is 24.0 Å². The number of halogens is 1. The molecule has 1 aliphatic heterocycles. The van der Waals surface area contributed by atoms with Crippen LogP contribution >= 0.6 is 11.6 Å². The molecule has 3 rings (SSSR count). The van der Waals surface area contributed by atoms with Gasteiger partial charge in [0, 0.05) is 23.4 Å². The third kappa shape index (κ3) is 2.33. The van der Waals surface area contributed by atoms with E-state index in [1.807, 2.05) is 0 Å². The van der Waals surface area contributed by atoms with Crippen molar-refractivity contribution in [1.82, 2.24) is 0 Å². The standard InChI is InChI=1S/C15H14ClNO5/c1-21-11-6-5-8(16)7-9(11)13-14-10(18)3-2-4-12(14)22-15(13)17(19)20/h5-7,13,15H,2-4H2,1H3. The summed E-state index contributed by atoms with van der Waals surface area (Å²) < 4.78 is 10.7. The van der Waals surface area contributed by atoms with Crippen molar-refractivity contribution in [3.8, 4) is 5.75 Å². The number of carbonyl (C=O) groups is 1. The maximum atomic E-state index is 12.3. The van der Waals surface area contributed by atoms with Crippen LogP contribution in [0, 0.1) is 10.1 Å². The van der Waals surface area contributed by atoms with Crippen LogP contribution in [0.15, 0.2) is 29.5 Å². The highest BCUT2D eigenvalue weighted by molar-refractivity contribution is 6.30. The summed E-state index contributed by atoms with van der Waals surface area (Å²) in [5.41, 5.74) is 0.908. The molecule has 2 aliphatic rings. The van der Waals surface area contributed by atoms with Crippen LogP contribution in [0.5, 0.6) is 5.75 Å². The van der Waals surface area contributed by atoms with Crippen molar-refractivity contribution in [3.63, 3.8) is 0 Å². The van der Waals surface area contributed by atoms with Gasteiger partial charge in [0.15, 0.2) is 5.78 Å². The quantitative estimate of drug-likeness (QED) is 0.631. The molecule has 116 valence electrons. The molecule has 6 nitrogen and oxygen atoms in total. The van der Waals surface area contributed by atoms with Gasteiger partial charge >= 0.3 is 6.23 Å². The average Bonchev–Trinajstić information content (AvgIpc) is 2.88. The van der Waals surface area contributed by atoms with E-state index in [0.29, 0.717) is 46.9 Å². The summed E-state index contributed by atoms with van der Waals surface area (Å²) in [7, 11) is 1.47. The smallest absolute Gasteiger partial charge is 0.364 e. The first-order chi connectivity index (χ1) is 10.5. The van der Waals surface area contributed by atoms with E-state index in [1.165, 1.54) is 7.11 Å². The summed E-state index contributed by atoms with van der Waals surface area (Å²) >= 11 is 6.02. The van der Waals surface area contributed by atoms with Crippen LogP contribution in [0.25, 0.3) is 0 Å². The van der Waals surface area contributed by atoms with Crippen molar-refractivity contribution in [2.45, 2.75) is 31.4 Å². The molecule has 1 aromatic rings. The van der Waals surface area contributed by atoms with Gasteiger partial charge in [-0.1, -0.05) is 11.6 Å². The second-order valence-electron chi connectivity index (χ2n) is 5.27. The Hall–Kier alpha value is -2.08. The number of hydrogen-bond acceptors (Lipinski definition) is 5. The Morgan fingerprint density at radius 2 is 2.18 bits per heavy atom. The van der Waals surface area contributed by atoms with Crippen LogP contribution in [0.1, 0.15) is 30.7 Å². The molecule has 1 aliphatic carbocycles. The second kappa shape index (κ2) is 5.61. The summed E-state index contributed by atoms with van der Waals surface area (Å²) in [6.07, 6.45) is 0.262. The summed E-state index contributed by atoms with van der Waals surface area (Å²) in [4.78, 5) is 23.2. The molecular formula is C15H14ClNO5. The summed E-state index contributed by atoms with van der Waals surface area (Å²) in [6, 6.07) is 4.88. The molecular weight excluding hydrogens is 310 g/mol. The van der Waals surface area contributed by atoms with Crippen LogP contribution in [0.3, 0.4) is 0 Å². The lowest BCUT2D eigenvalue weighted by molar-refractivity contribution is -0.570. The zero-order valence-electron chi connectivity index (χ0n) is 11.9. The monoisotopic (exact) mass is 323 g/mol. The van der Waals surface area contributed by atoms with Crippen LogP contribution in [0.4, 0.5) is 0 Å². The lowest BCUT2D eigenvalue weighted by Gasteiger charge is -2.18. The SMILES string of the molecule is COc1ccc(Cl)cc1C1C2=C(CCCC2=O)OC1[N+](=O)[O-]. The number of Topliss-reactive ketones (excluding diaryl/α,β-unsaturated/α-hetero) is 1. The number of allylic oxidation sites excluding steroid dienone is 1. The van der Waals surface area contributed by atoms with Gasteiger partial charge in [-0.15, -0.1) is 0 Å². The summed E-state index contributed by atoms with van der Waals surface area (Å²) in [5.74, 6) is 0.00558. The Morgan fingerprint density at radius 1 is 1.41 bits per heavy atom. The predicted molar refractivity (Wildman–Crippen MR) is 78.5 cm³/mol. The van der Waals surface area contributed by atoms with Gasteiger partial charge in [0.05, 0.1) is 17.6 Å². The average molecular weight is 324 g/mol. The number of hydrogen-bond donors (Lipinski definition) is 0. The molecule has 2 unspecified atom stereocenters. The minimum atomic E-state index is -1.32. The molecule has 0 fully saturated rings. The first-order valence-corrected chi connectivity index (χ1v) is 7.30. The zero-order chi connectivity index (χ0) is 15.9. The number of nitrogens with zero attached hydrogens (tertiary/aromatic N) is 1. The molecule has 22 heavy (non-hydrogen) atoms.